The number of hydrogen-bond donors (Lipinski definition) is 3. The first kappa shape index (κ1) is 16.8. The zero-order valence-electron chi connectivity index (χ0n) is 11.2. The van der Waals surface area contributed by atoms with Crippen LogP contribution in [-0.2, 0) is 6.42 Å². The summed E-state index contributed by atoms with van der Waals surface area (Å²) in [4.78, 5) is 12.5. The van der Waals surface area contributed by atoms with Gasteiger partial charge in [0.15, 0.2) is 0 Å². The zero-order valence-corrected chi connectivity index (χ0v) is 11.9. The van der Waals surface area contributed by atoms with Crippen LogP contribution in [-0.4, -0.2) is 57.5 Å². The summed E-state index contributed by atoms with van der Waals surface area (Å²) in [5, 5.41) is 28.1. The number of rotatable bonds is 8. The Bertz CT molecular complexity index is 401. The third kappa shape index (κ3) is 5.00. The second kappa shape index (κ2) is 8.79. The van der Waals surface area contributed by atoms with Gasteiger partial charge in [-0.15, -0.1) is 11.6 Å². The van der Waals surface area contributed by atoms with Crippen LogP contribution in [0.25, 0.3) is 0 Å². The molecule has 0 aliphatic heterocycles. The molecule has 0 saturated heterocycles. The van der Waals surface area contributed by atoms with Crippen LogP contribution in [0.1, 0.15) is 12.0 Å². The molecule has 1 aromatic carbocycles. The van der Waals surface area contributed by atoms with Gasteiger partial charge in [0.25, 0.3) is 0 Å². The van der Waals surface area contributed by atoms with Gasteiger partial charge in [-0.05, 0) is 18.4 Å². The summed E-state index contributed by atoms with van der Waals surface area (Å²) in [6.45, 7) is 0.0656. The second-order valence-electron chi connectivity index (χ2n) is 4.53. The van der Waals surface area contributed by atoms with E-state index in [-0.39, 0.29) is 19.0 Å². The fourth-order valence-corrected chi connectivity index (χ4v) is 2.26. The lowest BCUT2D eigenvalue weighted by Crippen LogP contribution is -2.49. The van der Waals surface area contributed by atoms with Gasteiger partial charge < -0.3 is 20.2 Å². The first-order valence-corrected chi connectivity index (χ1v) is 7.02. The Labute approximate surface area is 123 Å². The fourth-order valence-electron chi connectivity index (χ4n) is 2.06. The maximum absolute atomic E-state index is 11.3. The molecule has 0 bridgehead atoms. The van der Waals surface area contributed by atoms with Gasteiger partial charge in [-0.3, -0.25) is 0 Å². The van der Waals surface area contributed by atoms with Crippen LogP contribution in [0.4, 0.5) is 4.79 Å². The quantitative estimate of drug-likeness (QED) is 0.637. The Balaban J connectivity index is 2.88. The predicted octanol–water partition coefficient (Wildman–Crippen LogP) is 1.56. The third-order valence-corrected chi connectivity index (χ3v) is 3.41. The van der Waals surface area contributed by atoms with Crippen molar-refractivity contribution in [3.05, 3.63) is 35.9 Å². The number of amides is 1. The van der Waals surface area contributed by atoms with Crippen LogP contribution in [0.5, 0.6) is 0 Å². The van der Waals surface area contributed by atoms with Gasteiger partial charge >= 0.3 is 6.09 Å². The van der Waals surface area contributed by atoms with Gasteiger partial charge in [-0.25, -0.2) is 4.79 Å². The monoisotopic (exact) mass is 301 g/mol. The van der Waals surface area contributed by atoms with Crippen LogP contribution in [0, 0.1) is 0 Å². The minimum atomic E-state index is -1.12. The fraction of sp³-hybridized carbons (Fsp3) is 0.500. The van der Waals surface area contributed by atoms with Crippen molar-refractivity contribution < 1.29 is 20.1 Å². The molecule has 1 rings (SSSR count). The van der Waals surface area contributed by atoms with Gasteiger partial charge in [-0.2, -0.15) is 0 Å². The van der Waals surface area contributed by atoms with E-state index in [0.717, 1.165) is 10.5 Å². The molecule has 2 atom stereocenters. The van der Waals surface area contributed by atoms with Crippen molar-refractivity contribution >= 4 is 17.7 Å². The summed E-state index contributed by atoms with van der Waals surface area (Å²) >= 11 is 5.68. The van der Waals surface area contributed by atoms with E-state index in [2.05, 4.69) is 0 Å². The molecule has 0 aliphatic rings. The van der Waals surface area contributed by atoms with Gasteiger partial charge in [0.1, 0.15) is 0 Å². The number of nitrogens with zero attached hydrogens (tertiary/aromatic N) is 1. The number of alkyl halides is 1. The minimum absolute atomic E-state index is 0.0413. The Morgan fingerprint density at radius 1 is 1.30 bits per heavy atom. The second-order valence-corrected chi connectivity index (χ2v) is 4.84. The smallest absolute Gasteiger partial charge is 0.407 e. The van der Waals surface area contributed by atoms with E-state index in [1.54, 1.807) is 0 Å². The first-order valence-electron chi connectivity index (χ1n) is 6.48. The highest BCUT2D eigenvalue weighted by Gasteiger charge is 2.29. The number of carbonyl (C=O) groups is 1. The Morgan fingerprint density at radius 3 is 2.45 bits per heavy atom. The van der Waals surface area contributed by atoms with Crippen molar-refractivity contribution in [2.75, 3.05) is 19.0 Å². The molecule has 0 spiro atoms. The summed E-state index contributed by atoms with van der Waals surface area (Å²) < 4.78 is 0. The van der Waals surface area contributed by atoms with E-state index in [0.29, 0.717) is 12.8 Å². The normalized spacial score (nSPS) is 13.8. The van der Waals surface area contributed by atoms with Crippen molar-refractivity contribution in [1.82, 2.24) is 4.90 Å². The number of halogens is 1. The molecule has 0 saturated carbocycles. The highest BCUT2D eigenvalue weighted by molar-refractivity contribution is 6.18. The largest absolute Gasteiger partial charge is 0.465 e. The summed E-state index contributed by atoms with van der Waals surface area (Å²) in [6.07, 6.45) is -1.37. The van der Waals surface area contributed by atoms with Gasteiger partial charge in [0, 0.05) is 13.2 Å². The lowest BCUT2D eigenvalue weighted by Gasteiger charge is -2.32. The standard InChI is InChI=1S/C14H20ClNO4/c15-10-13(18)12(9-11-5-2-1-3-6-11)16(14(19)20)7-4-8-17/h1-3,5-6,12-13,17-18H,4,7-10H2,(H,19,20)/t12-,13+/m0/s1. The Morgan fingerprint density at radius 2 is 1.95 bits per heavy atom. The molecule has 0 fully saturated rings. The lowest BCUT2D eigenvalue weighted by atomic mass is 10.0. The predicted molar refractivity (Wildman–Crippen MR) is 77.1 cm³/mol. The van der Waals surface area contributed by atoms with E-state index in [1.165, 1.54) is 0 Å². The zero-order chi connectivity index (χ0) is 15.0. The van der Waals surface area contributed by atoms with Gasteiger partial charge in [0.2, 0.25) is 0 Å². The van der Waals surface area contributed by atoms with Crippen LogP contribution in [0.2, 0.25) is 0 Å². The molecule has 0 unspecified atom stereocenters. The van der Waals surface area contributed by atoms with E-state index in [4.69, 9.17) is 16.7 Å². The van der Waals surface area contributed by atoms with Crippen molar-refractivity contribution in [2.24, 2.45) is 0 Å². The molecule has 0 heterocycles. The Kier molecular flexibility index (Phi) is 7.36. The van der Waals surface area contributed by atoms with Crippen molar-refractivity contribution in [1.29, 1.82) is 0 Å². The molecule has 5 nitrogen and oxygen atoms in total. The van der Waals surface area contributed by atoms with Crippen molar-refractivity contribution in [3.63, 3.8) is 0 Å². The molecular formula is C14H20ClNO4. The average Bonchev–Trinajstić information content (AvgIpc) is 2.46. The SMILES string of the molecule is O=C(O)N(CCCO)[C@@H](Cc1ccccc1)[C@H](O)CCl. The van der Waals surface area contributed by atoms with Crippen LogP contribution < -0.4 is 0 Å². The molecule has 0 aromatic heterocycles. The van der Waals surface area contributed by atoms with E-state index < -0.39 is 18.2 Å². The summed E-state index contributed by atoms with van der Waals surface area (Å²) in [6, 6.07) is 8.72. The molecule has 3 N–H and O–H groups in total. The van der Waals surface area contributed by atoms with E-state index in [1.807, 2.05) is 30.3 Å². The number of carboxylic acid groups (broad SMARTS) is 1. The number of aliphatic hydroxyl groups is 2. The number of hydrogen-bond acceptors (Lipinski definition) is 3. The molecule has 6 heteroatoms. The average molecular weight is 302 g/mol. The van der Waals surface area contributed by atoms with Gasteiger partial charge in [-0.1, -0.05) is 30.3 Å². The molecule has 1 aromatic rings. The van der Waals surface area contributed by atoms with Crippen LogP contribution in [0.3, 0.4) is 0 Å². The van der Waals surface area contributed by atoms with Crippen molar-refractivity contribution in [3.8, 4) is 0 Å². The molecule has 112 valence electrons. The van der Waals surface area contributed by atoms with E-state index >= 15 is 0 Å². The summed E-state index contributed by atoms with van der Waals surface area (Å²) in [5.74, 6) is -0.0413. The maximum atomic E-state index is 11.3. The molecular weight excluding hydrogens is 282 g/mol. The maximum Gasteiger partial charge on any atom is 0.407 e. The molecule has 0 radical (unpaired) electrons. The Hall–Kier alpha value is -1.30. The summed E-state index contributed by atoms with van der Waals surface area (Å²) in [5.41, 5.74) is 0.928. The molecule has 0 aliphatic carbocycles. The molecule has 20 heavy (non-hydrogen) atoms. The highest BCUT2D eigenvalue weighted by Crippen LogP contribution is 2.15. The van der Waals surface area contributed by atoms with Crippen LogP contribution >= 0.6 is 11.6 Å². The third-order valence-electron chi connectivity index (χ3n) is 3.09. The van der Waals surface area contributed by atoms with Crippen LogP contribution in [0.15, 0.2) is 30.3 Å². The lowest BCUT2D eigenvalue weighted by molar-refractivity contribution is 0.0559. The van der Waals surface area contributed by atoms with Crippen molar-refractivity contribution in [2.45, 2.75) is 25.0 Å². The topological polar surface area (TPSA) is 81.0 Å². The summed E-state index contributed by atoms with van der Waals surface area (Å²) in [7, 11) is 0. The first-order chi connectivity index (χ1) is 9.60. The minimum Gasteiger partial charge on any atom is -0.465 e. The molecule has 1 amide bonds. The highest BCUT2D eigenvalue weighted by atomic mass is 35.5. The number of benzene rings is 1. The van der Waals surface area contributed by atoms with E-state index in [9.17, 15) is 15.0 Å². The van der Waals surface area contributed by atoms with Gasteiger partial charge in [0.05, 0.1) is 18.0 Å². The number of aliphatic hydroxyl groups excluding tert-OH is 2.